The second kappa shape index (κ2) is 7.46. The van der Waals surface area contributed by atoms with Crippen LogP contribution in [0.1, 0.15) is 24.9 Å². The average Bonchev–Trinajstić information content (AvgIpc) is 2.38. The number of benzene rings is 1. The molecule has 3 nitrogen and oxygen atoms in total. The minimum atomic E-state index is -0.204. The van der Waals surface area contributed by atoms with Crippen LogP contribution in [0.15, 0.2) is 24.3 Å². The maximum Gasteiger partial charge on any atom is 0.123 e. The summed E-state index contributed by atoms with van der Waals surface area (Å²) in [6.45, 7) is 2.99. The first-order valence-electron chi connectivity index (χ1n) is 6.32. The molecular weight excluding hydrogens is 231 g/mol. The largest absolute Gasteiger partial charge is 0.395 e. The summed E-state index contributed by atoms with van der Waals surface area (Å²) >= 11 is 0. The lowest BCUT2D eigenvalue weighted by atomic mass is 10.0. The molecule has 2 N–H and O–H groups in total. The fourth-order valence-electron chi connectivity index (χ4n) is 1.89. The van der Waals surface area contributed by atoms with Crippen molar-refractivity contribution in [1.29, 1.82) is 0 Å². The van der Waals surface area contributed by atoms with Crippen LogP contribution in [0.2, 0.25) is 0 Å². The molecule has 0 saturated heterocycles. The SMILES string of the molecule is CNC(CCN(C)C(C)CO)c1cccc(F)c1. The van der Waals surface area contributed by atoms with Crippen molar-refractivity contribution < 1.29 is 9.50 Å². The van der Waals surface area contributed by atoms with Gasteiger partial charge in [-0.15, -0.1) is 0 Å². The highest BCUT2D eigenvalue weighted by atomic mass is 19.1. The molecule has 0 amide bonds. The van der Waals surface area contributed by atoms with Crippen molar-refractivity contribution in [3.8, 4) is 0 Å². The van der Waals surface area contributed by atoms with Crippen LogP contribution in [0.3, 0.4) is 0 Å². The highest BCUT2D eigenvalue weighted by molar-refractivity contribution is 5.20. The molecule has 2 unspecified atom stereocenters. The van der Waals surface area contributed by atoms with E-state index in [0.29, 0.717) is 0 Å². The zero-order valence-corrected chi connectivity index (χ0v) is 11.4. The molecule has 0 spiro atoms. The van der Waals surface area contributed by atoms with Gasteiger partial charge in [0.05, 0.1) is 6.61 Å². The topological polar surface area (TPSA) is 35.5 Å². The van der Waals surface area contributed by atoms with Crippen molar-refractivity contribution >= 4 is 0 Å². The Kier molecular flexibility index (Phi) is 6.25. The van der Waals surface area contributed by atoms with Crippen LogP contribution in [-0.2, 0) is 0 Å². The van der Waals surface area contributed by atoms with E-state index in [1.807, 2.05) is 27.1 Å². The Morgan fingerprint density at radius 1 is 1.44 bits per heavy atom. The summed E-state index contributed by atoms with van der Waals surface area (Å²) in [5.74, 6) is -0.204. The lowest BCUT2D eigenvalue weighted by Gasteiger charge is -2.25. The molecule has 1 aromatic rings. The van der Waals surface area contributed by atoms with E-state index >= 15 is 0 Å². The number of hydrogen-bond acceptors (Lipinski definition) is 3. The van der Waals surface area contributed by atoms with Gasteiger partial charge in [0.2, 0.25) is 0 Å². The molecule has 0 heterocycles. The first-order valence-corrected chi connectivity index (χ1v) is 6.32. The molecule has 4 heteroatoms. The molecular formula is C14H23FN2O. The number of nitrogens with zero attached hydrogens (tertiary/aromatic N) is 1. The van der Waals surface area contributed by atoms with Gasteiger partial charge in [-0.25, -0.2) is 4.39 Å². The molecule has 0 bridgehead atoms. The molecule has 1 aromatic carbocycles. The van der Waals surface area contributed by atoms with Crippen LogP contribution >= 0.6 is 0 Å². The van der Waals surface area contributed by atoms with Crippen molar-refractivity contribution in [2.24, 2.45) is 0 Å². The quantitative estimate of drug-likeness (QED) is 0.778. The number of aliphatic hydroxyl groups is 1. The maximum absolute atomic E-state index is 13.2. The smallest absolute Gasteiger partial charge is 0.123 e. The Morgan fingerprint density at radius 2 is 2.17 bits per heavy atom. The third-order valence-electron chi connectivity index (χ3n) is 3.39. The summed E-state index contributed by atoms with van der Waals surface area (Å²) in [6, 6.07) is 6.96. The minimum Gasteiger partial charge on any atom is -0.395 e. The van der Waals surface area contributed by atoms with Crippen molar-refractivity contribution in [2.45, 2.75) is 25.4 Å². The fraction of sp³-hybridized carbons (Fsp3) is 0.571. The minimum absolute atomic E-state index is 0.133. The summed E-state index contributed by atoms with van der Waals surface area (Å²) in [5.41, 5.74) is 0.961. The molecule has 102 valence electrons. The lowest BCUT2D eigenvalue weighted by Crippen LogP contribution is -2.34. The van der Waals surface area contributed by atoms with Gasteiger partial charge < -0.3 is 15.3 Å². The Labute approximate surface area is 109 Å². The summed E-state index contributed by atoms with van der Waals surface area (Å²) in [6.07, 6.45) is 0.876. The summed E-state index contributed by atoms with van der Waals surface area (Å²) < 4.78 is 13.2. The molecule has 18 heavy (non-hydrogen) atoms. The van der Waals surface area contributed by atoms with Gasteiger partial charge in [-0.05, 0) is 45.1 Å². The van der Waals surface area contributed by atoms with Crippen LogP contribution in [0.25, 0.3) is 0 Å². The first kappa shape index (κ1) is 15.1. The van der Waals surface area contributed by atoms with Crippen LogP contribution in [-0.4, -0.2) is 43.3 Å². The standard InChI is InChI=1S/C14H23FN2O/c1-11(10-18)17(3)8-7-14(16-2)12-5-4-6-13(15)9-12/h4-6,9,11,14,16,18H,7-8,10H2,1-3H3. The van der Waals surface area contributed by atoms with E-state index in [2.05, 4.69) is 10.2 Å². The van der Waals surface area contributed by atoms with Gasteiger partial charge in [-0.3, -0.25) is 0 Å². The van der Waals surface area contributed by atoms with Gasteiger partial charge in [0.25, 0.3) is 0 Å². The van der Waals surface area contributed by atoms with E-state index in [1.165, 1.54) is 6.07 Å². The van der Waals surface area contributed by atoms with Gasteiger partial charge in [-0.2, -0.15) is 0 Å². The number of halogens is 1. The van der Waals surface area contributed by atoms with E-state index in [9.17, 15) is 4.39 Å². The normalized spacial score (nSPS) is 14.8. The average molecular weight is 254 g/mol. The van der Waals surface area contributed by atoms with E-state index < -0.39 is 0 Å². The second-order valence-corrected chi connectivity index (χ2v) is 4.70. The number of rotatable bonds is 7. The Morgan fingerprint density at radius 3 is 2.72 bits per heavy atom. The number of hydrogen-bond donors (Lipinski definition) is 2. The summed E-state index contributed by atoms with van der Waals surface area (Å²) in [5, 5.41) is 12.3. The molecule has 0 aromatic heterocycles. The van der Waals surface area contributed by atoms with Crippen LogP contribution in [0.5, 0.6) is 0 Å². The zero-order valence-electron chi connectivity index (χ0n) is 11.4. The van der Waals surface area contributed by atoms with E-state index in [-0.39, 0.29) is 24.5 Å². The molecule has 0 aliphatic rings. The Hall–Kier alpha value is -0.970. The van der Waals surface area contributed by atoms with Crippen LogP contribution < -0.4 is 5.32 Å². The van der Waals surface area contributed by atoms with Crippen molar-refractivity contribution in [2.75, 3.05) is 27.2 Å². The van der Waals surface area contributed by atoms with Gasteiger partial charge in [0.15, 0.2) is 0 Å². The first-order chi connectivity index (χ1) is 8.58. The van der Waals surface area contributed by atoms with Crippen LogP contribution in [0, 0.1) is 5.82 Å². The van der Waals surface area contributed by atoms with Crippen molar-refractivity contribution in [3.05, 3.63) is 35.6 Å². The zero-order chi connectivity index (χ0) is 13.5. The lowest BCUT2D eigenvalue weighted by molar-refractivity contribution is 0.154. The number of likely N-dealkylation sites (N-methyl/N-ethyl adjacent to an activating group) is 1. The van der Waals surface area contributed by atoms with Gasteiger partial charge in [0.1, 0.15) is 5.82 Å². The summed E-state index contributed by atoms with van der Waals surface area (Å²) in [4.78, 5) is 2.10. The van der Waals surface area contributed by atoms with Crippen LogP contribution in [0.4, 0.5) is 4.39 Å². The van der Waals surface area contributed by atoms with Gasteiger partial charge in [-0.1, -0.05) is 12.1 Å². The highest BCUT2D eigenvalue weighted by Gasteiger charge is 2.13. The maximum atomic E-state index is 13.2. The monoisotopic (exact) mass is 254 g/mol. The van der Waals surface area contributed by atoms with Gasteiger partial charge >= 0.3 is 0 Å². The van der Waals surface area contributed by atoms with Crippen molar-refractivity contribution in [1.82, 2.24) is 10.2 Å². The third-order valence-corrected chi connectivity index (χ3v) is 3.39. The Balaban J connectivity index is 2.57. The van der Waals surface area contributed by atoms with E-state index in [0.717, 1.165) is 18.5 Å². The predicted molar refractivity (Wildman–Crippen MR) is 72.0 cm³/mol. The van der Waals surface area contributed by atoms with E-state index in [4.69, 9.17) is 5.11 Å². The number of nitrogens with one attached hydrogen (secondary N) is 1. The highest BCUT2D eigenvalue weighted by Crippen LogP contribution is 2.17. The third kappa shape index (κ3) is 4.37. The molecule has 0 fully saturated rings. The molecule has 0 aliphatic carbocycles. The molecule has 0 aliphatic heterocycles. The van der Waals surface area contributed by atoms with Gasteiger partial charge in [0, 0.05) is 18.6 Å². The fourth-order valence-corrected chi connectivity index (χ4v) is 1.89. The second-order valence-electron chi connectivity index (χ2n) is 4.70. The summed E-state index contributed by atoms with van der Waals surface area (Å²) in [7, 11) is 3.87. The number of aliphatic hydroxyl groups excluding tert-OH is 1. The molecule has 1 rings (SSSR count). The molecule has 0 radical (unpaired) electrons. The van der Waals surface area contributed by atoms with E-state index in [1.54, 1.807) is 12.1 Å². The van der Waals surface area contributed by atoms with Crippen molar-refractivity contribution in [3.63, 3.8) is 0 Å². The Bertz CT molecular complexity index is 359. The predicted octanol–water partition coefficient (Wildman–Crippen LogP) is 1.79. The molecule has 2 atom stereocenters. The molecule has 0 saturated carbocycles.